The van der Waals surface area contributed by atoms with Crippen LogP contribution in [0.5, 0.6) is 0 Å². The summed E-state index contributed by atoms with van der Waals surface area (Å²) in [5.74, 6) is -0.908. The highest BCUT2D eigenvalue weighted by Crippen LogP contribution is 2.20. The molecule has 0 atom stereocenters. The fraction of sp³-hybridized carbons (Fsp3) is 0. The Morgan fingerprint density at radius 2 is 1.96 bits per heavy atom. The SMILES string of the molecule is O=C(/C=C/c1ccc([N+](=O)[O-])cc1)Nc1nnc(-c2cccc(F)c2)o1. The number of carbonyl (C=O) groups excluding carboxylic acids is 1. The Hall–Kier alpha value is -3.88. The third-order valence-electron chi connectivity index (χ3n) is 3.26. The van der Waals surface area contributed by atoms with Gasteiger partial charge in [-0.15, -0.1) is 5.10 Å². The van der Waals surface area contributed by atoms with E-state index in [9.17, 15) is 19.3 Å². The van der Waals surface area contributed by atoms with E-state index in [2.05, 4.69) is 15.5 Å². The van der Waals surface area contributed by atoms with Gasteiger partial charge in [0.15, 0.2) is 0 Å². The Labute approximate surface area is 146 Å². The van der Waals surface area contributed by atoms with Gasteiger partial charge in [0.05, 0.1) is 4.92 Å². The quantitative estimate of drug-likeness (QED) is 0.427. The van der Waals surface area contributed by atoms with Crippen LogP contribution in [0.2, 0.25) is 0 Å². The van der Waals surface area contributed by atoms with Gasteiger partial charge in [0.2, 0.25) is 5.89 Å². The van der Waals surface area contributed by atoms with Crippen LogP contribution < -0.4 is 5.32 Å². The van der Waals surface area contributed by atoms with Crippen LogP contribution in [0, 0.1) is 15.9 Å². The van der Waals surface area contributed by atoms with Crippen molar-refractivity contribution in [2.24, 2.45) is 0 Å². The normalized spacial score (nSPS) is 10.8. The summed E-state index contributed by atoms with van der Waals surface area (Å²) in [7, 11) is 0. The molecule has 0 saturated carbocycles. The van der Waals surface area contributed by atoms with E-state index in [4.69, 9.17) is 4.42 Å². The van der Waals surface area contributed by atoms with Gasteiger partial charge < -0.3 is 4.42 Å². The molecule has 26 heavy (non-hydrogen) atoms. The smallest absolute Gasteiger partial charge is 0.322 e. The Kier molecular flexibility index (Phi) is 4.79. The van der Waals surface area contributed by atoms with Crippen molar-refractivity contribution in [1.29, 1.82) is 0 Å². The number of nitro groups is 1. The van der Waals surface area contributed by atoms with E-state index in [1.165, 1.54) is 54.6 Å². The Balaban J connectivity index is 1.64. The van der Waals surface area contributed by atoms with E-state index < -0.39 is 16.6 Å². The molecule has 0 unspecified atom stereocenters. The standard InChI is InChI=1S/C17H11FN4O4/c18-13-3-1-2-12(10-13)16-20-21-17(26-16)19-15(23)9-6-11-4-7-14(8-5-11)22(24)25/h1-10H,(H,19,21,23)/b9-6+. The molecule has 3 rings (SSSR count). The number of anilines is 1. The number of amides is 1. The van der Waals surface area contributed by atoms with E-state index in [0.29, 0.717) is 11.1 Å². The number of hydrogen-bond donors (Lipinski definition) is 1. The van der Waals surface area contributed by atoms with Crippen molar-refractivity contribution in [2.75, 3.05) is 5.32 Å². The summed E-state index contributed by atoms with van der Waals surface area (Å²) in [6.07, 6.45) is 2.69. The van der Waals surface area contributed by atoms with Gasteiger partial charge in [0.25, 0.3) is 11.6 Å². The van der Waals surface area contributed by atoms with Crippen LogP contribution in [0.3, 0.4) is 0 Å². The van der Waals surface area contributed by atoms with Gasteiger partial charge in [0.1, 0.15) is 5.82 Å². The highest BCUT2D eigenvalue weighted by Gasteiger charge is 2.10. The highest BCUT2D eigenvalue weighted by atomic mass is 19.1. The first-order valence-electron chi connectivity index (χ1n) is 7.34. The lowest BCUT2D eigenvalue weighted by atomic mass is 10.2. The van der Waals surface area contributed by atoms with Crippen LogP contribution in [-0.2, 0) is 4.79 Å². The summed E-state index contributed by atoms with van der Waals surface area (Å²) in [5, 5.41) is 20.4. The van der Waals surface area contributed by atoms with Crippen molar-refractivity contribution in [2.45, 2.75) is 0 Å². The molecule has 0 aliphatic carbocycles. The number of aromatic nitrogens is 2. The summed E-state index contributed by atoms with van der Waals surface area (Å²) in [5.41, 5.74) is 0.957. The minimum absolute atomic E-state index is 0.0395. The second-order valence-electron chi connectivity index (χ2n) is 5.09. The lowest BCUT2D eigenvalue weighted by Gasteiger charge is -1.96. The first-order valence-corrected chi connectivity index (χ1v) is 7.34. The average Bonchev–Trinajstić information content (AvgIpc) is 3.09. The van der Waals surface area contributed by atoms with Crippen LogP contribution >= 0.6 is 0 Å². The minimum Gasteiger partial charge on any atom is -0.403 e. The fourth-order valence-electron chi connectivity index (χ4n) is 2.04. The third-order valence-corrected chi connectivity index (χ3v) is 3.26. The molecule has 0 bridgehead atoms. The molecular weight excluding hydrogens is 343 g/mol. The Bertz CT molecular complexity index is 982. The third kappa shape index (κ3) is 4.15. The van der Waals surface area contributed by atoms with Gasteiger partial charge in [-0.3, -0.25) is 20.2 Å². The number of benzene rings is 2. The molecule has 0 saturated heterocycles. The van der Waals surface area contributed by atoms with Crippen molar-refractivity contribution in [1.82, 2.24) is 10.2 Å². The molecule has 9 heteroatoms. The summed E-state index contributed by atoms with van der Waals surface area (Å²) in [4.78, 5) is 21.9. The lowest BCUT2D eigenvalue weighted by Crippen LogP contribution is -2.07. The molecule has 1 aromatic heterocycles. The molecule has 0 spiro atoms. The van der Waals surface area contributed by atoms with Gasteiger partial charge >= 0.3 is 6.01 Å². The fourth-order valence-corrected chi connectivity index (χ4v) is 2.04. The monoisotopic (exact) mass is 354 g/mol. The molecule has 1 amide bonds. The Morgan fingerprint density at radius 3 is 2.65 bits per heavy atom. The summed E-state index contributed by atoms with van der Waals surface area (Å²) in [6, 6.07) is 11.2. The van der Waals surface area contributed by atoms with Crippen molar-refractivity contribution < 1.29 is 18.5 Å². The number of hydrogen-bond acceptors (Lipinski definition) is 6. The largest absolute Gasteiger partial charge is 0.403 e. The van der Waals surface area contributed by atoms with E-state index >= 15 is 0 Å². The van der Waals surface area contributed by atoms with Gasteiger partial charge in [-0.1, -0.05) is 11.2 Å². The number of rotatable bonds is 5. The molecule has 1 heterocycles. The lowest BCUT2D eigenvalue weighted by molar-refractivity contribution is -0.384. The van der Waals surface area contributed by atoms with Crippen LogP contribution in [0.25, 0.3) is 17.5 Å². The van der Waals surface area contributed by atoms with E-state index in [1.54, 1.807) is 6.07 Å². The predicted octanol–water partition coefficient (Wildman–Crippen LogP) is 3.44. The maximum Gasteiger partial charge on any atom is 0.322 e. The highest BCUT2D eigenvalue weighted by molar-refractivity contribution is 6.00. The number of nitrogens with one attached hydrogen (secondary N) is 1. The summed E-state index contributed by atoms with van der Waals surface area (Å²) < 4.78 is 18.5. The average molecular weight is 354 g/mol. The van der Waals surface area contributed by atoms with Crippen LogP contribution in [0.4, 0.5) is 16.1 Å². The maximum absolute atomic E-state index is 13.2. The second kappa shape index (κ2) is 7.34. The minimum atomic E-state index is -0.530. The van der Waals surface area contributed by atoms with E-state index in [1.807, 2.05) is 0 Å². The zero-order valence-electron chi connectivity index (χ0n) is 13.1. The zero-order chi connectivity index (χ0) is 18.5. The molecule has 0 aliphatic heterocycles. The molecule has 0 radical (unpaired) electrons. The first-order chi connectivity index (χ1) is 12.5. The molecule has 1 N–H and O–H groups in total. The topological polar surface area (TPSA) is 111 Å². The summed E-state index contributed by atoms with van der Waals surface area (Å²) in [6.45, 7) is 0. The molecule has 8 nitrogen and oxygen atoms in total. The van der Waals surface area contributed by atoms with Crippen molar-refractivity contribution in [3.8, 4) is 11.5 Å². The number of carbonyl (C=O) groups is 1. The number of nitrogens with zero attached hydrogens (tertiary/aromatic N) is 3. The predicted molar refractivity (Wildman–Crippen MR) is 90.5 cm³/mol. The molecule has 130 valence electrons. The van der Waals surface area contributed by atoms with Crippen molar-refractivity contribution in [3.05, 3.63) is 76.1 Å². The van der Waals surface area contributed by atoms with E-state index in [0.717, 1.165) is 0 Å². The summed E-state index contributed by atoms with van der Waals surface area (Å²) >= 11 is 0. The van der Waals surface area contributed by atoms with E-state index in [-0.39, 0.29) is 17.6 Å². The van der Waals surface area contributed by atoms with Crippen molar-refractivity contribution >= 4 is 23.7 Å². The van der Waals surface area contributed by atoms with Gasteiger partial charge in [-0.25, -0.2) is 4.39 Å². The van der Waals surface area contributed by atoms with Gasteiger partial charge in [-0.2, -0.15) is 0 Å². The molecule has 2 aromatic carbocycles. The number of halogens is 1. The van der Waals surface area contributed by atoms with Gasteiger partial charge in [-0.05, 0) is 42.0 Å². The van der Waals surface area contributed by atoms with Gasteiger partial charge in [0, 0.05) is 23.8 Å². The van der Waals surface area contributed by atoms with Crippen LogP contribution in [0.15, 0.2) is 59.0 Å². The van der Waals surface area contributed by atoms with Crippen LogP contribution in [0.1, 0.15) is 5.56 Å². The zero-order valence-corrected chi connectivity index (χ0v) is 13.1. The van der Waals surface area contributed by atoms with Crippen LogP contribution in [-0.4, -0.2) is 21.0 Å². The first kappa shape index (κ1) is 17.0. The second-order valence-corrected chi connectivity index (χ2v) is 5.09. The maximum atomic E-state index is 13.2. The van der Waals surface area contributed by atoms with Crippen molar-refractivity contribution in [3.63, 3.8) is 0 Å². The molecule has 0 fully saturated rings. The molecule has 0 aliphatic rings. The number of nitro benzene ring substituents is 1. The Morgan fingerprint density at radius 1 is 1.19 bits per heavy atom. The number of non-ortho nitro benzene ring substituents is 1. The molecular formula is C17H11FN4O4. The molecule has 3 aromatic rings.